The highest BCUT2D eigenvalue weighted by Gasteiger charge is 2.22. The van der Waals surface area contributed by atoms with Gasteiger partial charge in [0.05, 0.1) is 0 Å². The maximum atomic E-state index is 4.16. The van der Waals surface area contributed by atoms with Gasteiger partial charge in [0, 0.05) is 24.4 Å². The van der Waals surface area contributed by atoms with Gasteiger partial charge in [-0.25, -0.2) is 0 Å². The molecule has 0 spiro atoms. The zero-order valence-corrected chi connectivity index (χ0v) is 9.63. The molecule has 1 saturated heterocycles. The molecule has 1 aliphatic heterocycles. The lowest BCUT2D eigenvalue weighted by Gasteiger charge is -2.38. The van der Waals surface area contributed by atoms with Crippen molar-refractivity contribution in [3.63, 3.8) is 0 Å². The summed E-state index contributed by atoms with van der Waals surface area (Å²) in [4.78, 5) is 2.59. The van der Waals surface area contributed by atoms with Gasteiger partial charge in [0.1, 0.15) is 0 Å². The molecule has 0 N–H and O–H groups in total. The summed E-state index contributed by atoms with van der Waals surface area (Å²) in [6, 6.07) is 1.52. The lowest BCUT2D eigenvalue weighted by molar-refractivity contribution is 0.119. The minimum Gasteiger partial charge on any atom is -0.294 e. The predicted molar refractivity (Wildman–Crippen MR) is 62.5 cm³/mol. The van der Waals surface area contributed by atoms with Gasteiger partial charge in [-0.3, -0.25) is 4.90 Å². The maximum Gasteiger partial charge on any atom is 0.0169 e. The van der Waals surface area contributed by atoms with Gasteiger partial charge >= 0.3 is 0 Å². The second kappa shape index (κ2) is 5.71. The highest BCUT2D eigenvalue weighted by atomic mass is 32.1. The normalized spacial score (nSPS) is 31.3. The van der Waals surface area contributed by atoms with Gasteiger partial charge < -0.3 is 0 Å². The highest BCUT2D eigenvalue weighted by Crippen LogP contribution is 2.21. The lowest BCUT2D eigenvalue weighted by atomic mass is 9.98. The molecular weight excluding hydrogens is 178 g/mol. The van der Waals surface area contributed by atoms with Crippen molar-refractivity contribution in [1.29, 1.82) is 0 Å². The molecule has 0 aliphatic carbocycles. The van der Waals surface area contributed by atoms with Gasteiger partial charge in [0.25, 0.3) is 0 Å². The number of nitrogens with zero attached hydrogens (tertiary/aromatic N) is 1. The van der Waals surface area contributed by atoms with E-state index in [1.54, 1.807) is 0 Å². The molecule has 0 aromatic carbocycles. The molecule has 1 heterocycles. The summed E-state index contributed by atoms with van der Waals surface area (Å²) in [5.74, 6) is 0.858. The van der Waals surface area contributed by atoms with Crippen molar-refractivity contribution in [3.05, 3.63) is 12.2 Å². The van der Waals surface area contributed by atoms with E-state index < -0.39 is 0 Å². The van der Waals surface area contributed by atoms with Crippen molar-refractivity contribution in [2.45, 2.75) is 45.2 Å². The van der Waals surface area contributed by atoms with Crippen LogP contribution in [0.1, 0.15) is 33.1 Å². The van der Waals surface area contributed by atoms with E-state index in [-0.39, 0.29) is 0 Å². The fourth-order valence-electron chi connectivity index (χ4n) is 2.11. The number of likely N-dealkylation sites (tertiary alicyclic amines) is 1. The van der Waals surface area contributed by atoms with E-state index in [0.717, 1.165) is 24.4 Å². The standard InChI is InChI=1S/C11H21NS/c1-10-6-5-7-11(2)12(10)8-3-4-9-13/h3-4,10-11,13H,5-9H2,1-2H3. The van der Waals surface area contributed by atoms with E-state index >= 15 is 0 Å². The summed E-state index contributed by atoms with van der Waals surface area (Å²) in [6.07, 6.45) is 8.50. The van der Waals surface area contributed by atoms with Crippen LogP contribution in [0.2, 0.25) is 0 Å². The Balaban J connectivity index is 2.39. The number of thiol groups is 1. The topological polar surface area (TPSA) is 3.24 Å². The number of hydrogen-bond donors (Lipinski definition) is 1. The third kappa shape index (κ3) is 3.35. The van der Waals surface area contributed by atoms with Gasteiger partial charge in [-0.1, -0.05) is 18.6 Å². The van der Waals surface area contributed by atoms with Crippen LogP contribution in [0.3, 0.4) is 0 Å². The molecule has 0 aromatic heterocycles. The Morgan fingerprint density at radius 3 is 2.38 bits per heavy atom. The minimum absolute atomic E-state index is 0.758. The first-order chi connectivity index (χ1) is 6.25. The highest BCUT2D eigenvalue weighted by molar-refractivity contribution is 7.80. The third-order valence-corrected chi connectivity index (χ3v) is 3.18. The van der Waals surface area contributed by atoms with E-state index in [1.807, 2.05) is 0 Å². The van der Waals surface area contributed by atoms with Crippen LogP contribution in [-0.2, 0) is 0 Å². The van der Waals surface area contributed by atoms with Gasteiger partial charge in [0.15, 0.2) is 0 Å². The largest absolute Gasteiger partial charge is 0.294 e. The molecule has 13 heavy (non-hydrogen) atoms. The predicted octanol–water partition coefficient (Wildman–Crippen LogP) is 2.74. The Bertz CT molecular complexity index is 157. The Hall–Kier alpha value is 0.0500. The zero-order chi connectivity index (χ0) is 9.68. The van der Waals surface area contributed by atoms with Crippen molar-refractivity contribution in [3.8, 4) is 0 Å². The summed E-state index contributed by atoms with van der Waals surface area (Å²) >= 11 is 4.16. The molecular formula is C11H21NS. The van der Waals surface area contributed by atoms with Gasteiger partial charge in [-0.2, -0.15) is 12.6 Å². The second-order valence-corrected chi connectivity index (χ2v) is 4.34. The van der Waals surface area contributed by atoms with E-state index in [1.165, 1.54) is 19.3 Å². The molecule has 1 rings (SSSR count). The molecule has 0 bridgehead atoms. The molecule has 0 aromatic rings. The molecule has 2 atom stereocenters. The first kappa shape index (κ1) is 11.1. The van der Waals surface area contributed by atoms with Crippen LogP contribution < -0.4 is 0 Å². The SMILES string of the molecule is CC1CCCC(C)N1CC=CCS. The van der Waals surface area contributed by atoms with Crippen LogP contribution >= 0.6 is 12.6 Å². The number of hydrogen-bond acceptors (Lipinski definition) is 2. The fraction of sp³-hybridized carbons (Fsp3) is 0.818. The van der Waals surface area contributed by atoms with Gasteiger partial charge in [-0.05, 0) is 26.7 Å². The smallest absolute Gasteiger partial charge is 0.0169 e. The van der Waals surface area contributed by atoms with Crippen LogP contribution in [0.5, 0.6) is 0 Å². The average Bonchev–Trinajstić information content (AvgIpc) is 2.10. The third-order valence-electron chi connectivity index (χ3n) is 2.96. The van der Waals surface area contributed by atoms with Crippen LogP contribution in [-0.4, -0.2) is 29.3 Å². The second-order valence-electron chi connectivity index (χ2n) is 3.98. The van der Waals surface area contributed by atoms with Crippen LogP contribution in [0, 0.1) is 0 Å². The zero-order valence-electron chi connectivity index (χ0n) is 8.74. The Morgan fingerprint density at radius 2 is 1.85 bits per heavy atom. The summed E-state index contributed by atoms with van der Waals surface area (Å²) < 4.78 is 0. The number of piperidine rings is 1. The van der Waals surface area contributed by atoms with E-state index in [0.29, 0.717) is 0 Å². The molecule has 2 unspecified atom stereocenters. The van der Waals surface area contributed by atoms with E-state index in [2.05, 4.69) is 43.5 Å². The van der Waals surface area contributed by atoms with Crippen LogP contribution in [0.25, 0.3) is 0 Å². The minimum atomic E-state index is 0.758. The summed E-state index contributed by atoms with van der Waals surface area (Å²) in [7, 11) is 0. The summed E-state index contributed by atoms with van der Waals surface area (Å²) in [6.45, 7) is 5.78. The van der Waals surface area contributed by atoms with Crippen molar-refractivity contribution in [2.24, 2.45) is 0 Å². The van der Waals surface area contributed by atoms with Crippen LogP contribution in [0.4, 0.5) is 0 Å². The van der Waals surface area contributed by atoms with Gasteiger partial charge in [-0.15, -0.1) is 0 Å². The van der Waals surface area contributed by atoms with Crippen LogP contribution in [0.15, 0.2) is 12.2 Å². The molecule has 1 nitrogen and oxygen atoms in total. The lowest BCUT2D eigenvalue weighted by Crippen LogP contribution is -2.43. The van der Waals surface area contributed by atoms with E-state index in [4.69, 9.17) is 0 Å². The Morgan fingerprint density at radius 1 is 1.23 bits per heavy atom. The molecule has 1 aliphatic rings. The first-order valence-electron chi connectivity index (χ1n) is 5.27. The van der Waals surface area contributed by atoms with Crippen molar-refractivity contribution in [1.82, 2.24) is 4.90 Å². The van der Waals surface area contributed by atoms with Crippen molar-refractivity contribution in [2.75, 3.05) is 12.3 Å². The molecule has 76 valence electrons. The summed E-state index contributed by atoms with van der Waals surface area (Å²) in [5, 5.41) is 0. The maximum absolute atomic E-state index is 4.16. The fourth-order valence-corrected chi connectivity index (χ4v) is 2.25. The molecule has 0 saturated carbocycles. The molecule has 1 fully saturated rings. The quantitative estimate of drug-likeness (QED) is 0.540. The van der Waals surface area contributed by atoms with Gasteiger partial charge in [0.2, 0.25) is 0 Å². The molecule has 0 radical (unpaired) electrons. The molecule has 2 heteroatoms. The van der Waals surface area contributed by atoms with Crippen molar-refractivity contribution >= 4 is 12.6 Å². The average molecular weight is 199 g/mol. The van der Waals surface area contributed by atoms with E-state index in [9.17, 15) is 0 Å². The van der Waals surface area contributed by atoms with Crippen molar-refractivity contribution < 1.29 is 0 Å². The first-order valence-corrected chi connectivity index (χ1v) is 5.90. The Labute approximate surface area is 87.6 Å². The molecule has 0 amide bonds. The number of rotatable bonds is 3. The Kier molecular flexibility index (Phi) is 4.89. The monoisotopic (exact) mass is 199 g/mol. The summed E-state index contributed by atoms with van der Waals surface area (Å²) in [5.41, 5.74) is 0.